The highest BCUT2D eigenvalue weighted by atomic mass is 16.5. The average Bonchev–Trinajstić information content (AvgIpc) is 3.55. The third kappa shape index (κ3) is 4.05. The van der Waals surface area contributed by atoms with Crippen LogP contribution in [0.2, 0.25) is 0 Å². The first-order chi connectivity index (χ1) is 15.7. The van der Waals surface area contributed by atoms with Gasteiger partial charge in [-0.2, -0.15) is 10.1 Å². The van der Waals surface area contributed by atoms with Crippen LogP contribution in [0.25, 0.3) is 22.8 Å². The van der Waals surface area contributed by atoms with E-state index in [1.54, 1.807) is 34.3 Å². The first kappa shape index (κ1) is 19.5. The van der Waals surface area contributed by atoms with Gasteiger partial charge in [0.05, 0.1) is 42.1 Å². The molecule has 0 bridgehead atoms. The Kier molecular flexibility index (Phi) is 5.07. The van der Waals surface area contributed by atoms with Crippen LogP contribution < -0.4 is 4.74 Å². The molecule has 4 aromatic heterocycles. The fourth-order valence-corrected chi connectivity index (χ4v) is 3.11. The van der Waals surface area contributed by atoms with Crippen molar-refractivity contribution in [1.29, 1.82) is 0 Å². The van der Waals surface area contributed by atoms with E-state index < -0.39 is 0 Å². The Morgan fingerprint density at radius 2 is 2.06 bits per heavy atom. The summed E-state index contributed by atoms with van der Waals surface area (Å²) in [7, 11) is 1.82. The molecule has 0 aliphatic carbocycles. The van der Waals surface area contributed by atoms with Crippen LogP contribution in [0.4, 0.5) is 0 Å². The van der Waals surface area contributed by atoms with E-state index in [9.17, 15) is 0 Å². The van der Waals surface area contributed by atoms with Crippen LogP contribution >= 0.6 is 0 Å². The molecule has 0 unspecified atom stereocenters. The predicted octanol–water partition coefficient (Wildman–Crippen LogP) is 1.85. The van der Waals surface area contributed by atoms with Crippen molar-refractivity contribution in [3.05, 3.63) is 66.1 Å². The highest BCUT2D eigenvalue weighted by molar-refractivity contribution is 5.61. The van der Waals surface area contributed by atoms with E-state index in [4.69, 9.17) is 9.26 Å². The Morgan fingerprint density at radius 3 is 2.88 bits per heavy atom. The van der Waals surface area contributed by atoms with Crippen LogP contribution in [0.15, 0.2) is 53.7 Å². The van der Waals surface area contributed by atoms with Crippen LogP contribution in [0.1, 0.15) is 17.0 Å². The fraction of sp³-hybridized carbons (Fsp3) is 0.200. The Labute approximate surface area is 181 Å². The molecule has 32 heavy (non-hydrogen) atoms. The smallest absolute Gasteiger partial charge is 0.261 e. The molecule has 0 saturated carbocycles. The maximum Gasteiger partial charge on any atom is 0.261 e. The molecule has 0 atom stereocenters. The number of benzene rings is 1. The number of aryl methyl sites for hydroxylation is 2. The monoisotopic (exact) mass is 430 g/mol. The van der Waals surface area contributed by atoms with E-state index >= 15 is 0 Å². The SMILES string of the molecule is Cc1cnc(OCc2c(-c3nc(-c4cccc(Cn5cnnn5)c4)no3)cnn2C)cn1. The Hall–Kier alpha value is -4.48. The molecule has 0 saturated heterocycles. The molecule has 0 aliphatic rings. The highest BCUT2D eigenvalue weighted by Gasteiger charge is 2.19. The maximum atomic E-state index is 5.76. The Bertz CT molecular complexity index is 1320. The molecule has 12 heteroatoms. The van der Waals surface area contributed by atoms with Gasteiger partial charge in [0, 0.05) is 12.6 Å². The third-order valence-corrected chi connectivity index (χ3v) is 4.75. The van der Waals surface area contributed by atoms with Gasteiger partial charge in [0.25, 0.3) is 5.89 Å². The summed E-state index contributed by atoms with van der Waals surface area (Å²) in [6.07, 6.45) is 6.47. The molecule has 5 aromatic rings. The fourth-order valence-electron chi connectivity index (χ4n) is 3.11. The summed E-state index contributed by atoms with van der Waals surface area (Å²) in [6.45, 7) is 2.63. The summed E-state index contributed by atoms with van der Waals surface area (Å²) in [5, 5.41) is 19.6. The van der Waals surface area contributed by atoms with E-state index in [0.717, 1.165) is 22.5 Å². The maximum absolute atomic E-state index is 5.76. The molecule has 4 heterocycles. The molecule has 0 fully saturated rings. The lowest BCUT2D eigenvalue weighted by molar-refractivity contribution is 0.282. The summed E-state index contributed by atoms with van der Waals surface area (Å²) in [5.74, 6) is 1.25. The van der Waals surface area contributed by atoms with Crippen molar-refractivity contribution in [2.24, 2.45) is 7.05 Å². The summed E-state index contributed by atoms with van der Waals surface area (Å²) in [4.78, 5) is 13.0. The number of hydrogen-bond donors (Lipinski definition) is 0. The van der Waals surface area contributed by atoms with Crippen molar-refractivity contribution >= 4 is 0 Å². The molecule has 1 aromatic carbocycles. The van der Waals surface area contributed by atoms with Crippen molar-refractivity contribution in [1.82, 2.24) is 50.1 Å². The van der Waals surface area contributed by atoms with E-state index in [0.29, 0.717) is 29.7 Å². The standard InChI is InChI=1S/C20H18N10O2/c1-13-7-22-18(9-21-13)31-11-17-16(8-24-29(17)2)20-25-19(26-32-20)15-5-3-4-14(6-15)10-30-12-23-27-28-30/h3-9,12H,10-11H2,1-2H3. The Morgan fingerprint density at radius 1 is 1.12 bits per heavy atom. The van der Waals surface area contributed by atoms with Gasteiger partial charge in [0.1, 0.15) is 12.9 Å². The van der Waals surface area contributed by atoms with Crippen molar-refractivity contribution < 1.29 is 9.26 Å². The average molecular weight is 430 g/mol. The lowest BCUT2D eigenvalue weighted by atomic mass is 10.1. The lowest BCUT2D eigenvalue weighted by Gasteiger charge is -2.06. The predicted molar refractivity (Wildman–Crippen MR) is 110 cm³/mol. The summed E-state index contributed by atoms with van der Waals surface area (Å²) in [5.41, 5.74) is 4.11. The molecule has 0 spiro atoms. The molecule has 0 aliphatic heterocycles. The second-order valence-electron chi connectivity index (χ2n) is 7.04. The van der Waals surface area contributed by atoms with E-state index in [-0.39, 0.29) is 6.61 Å². The van der Waals surface area contributed by atoms with Gasteiger partial charge in [-0.3, -0.25) is 9.67 Å². The number of aromatic nitrogens is 10. The summed E-state index contributed by atoms with van der Waals surface area (Å²) >= 11 is 0. The second-order valence-corrected chi connectivity index (χ2v) is 7.04. The summed E-state index contributed by atoms with van der Waals surface area (Å²) in [6, 6.07) is 7.80. The van der Waals surface area contributed by atoms with E-state index in [2.05, 4.69) is 40.7 Å². The van der Waals surface area contributed by atoms with E-state index in [1.807, 2.05) is 38.2 Å². The topological polar surface area (TPSA) is 135 Å². The largest absolute Gasteiger partial charge is 0.470 e. The molecule has 0 radical (unpaired) electrons. The quantitative estimate of drug-likeness (QED) is 0.376. The number of hydrogen-bond acceptors (Lipinski definition) is 10. The minimum absolute atomic E-state index is 0.225. The zero-order valence-electron chi connectivity index (χ0n) is 17.3. The normalized spacial score (nSPS) is 11.1. The zero-order valence-corrected chi connectivity index (χ0v) is 17.3. The first-order valence-corrected chi connectivity index (χ1v) is 9.72. The van der Waals surface area contributed by atoms with Crippen LogP contribution in [0, 0.1) is 6.92 Å². The van der Waals surface area contributed by atoms with Crippen molar-refractivity contribution in [2.45, 2.75) is 20.1 Å². The number of nitrogens with zero attached hydrogens (tertiary/aromatic N) is 10. The van der Waals surface area contributed by atoms with Crippen LogP contribution in [0.5, 0.6) is 5.88 Å². The molecular formula is C20H18N10O2. The van der Waals surface area contributed by atoms with Crippen molar-refractivity contribution in [3.63, 3.8) is 0 Å². The first-order valence-electron chi connectivity index (χ1n) is 9.72. The molecule has 5 rings (SSSR count). The van der Waals surface area contributed by atoms with Crippen molar-refractivity contribution in [2.75, 3.05) is 0 Å². The summed E-state index contributed by atoms with van der Waals surface area (Å²) < 4.78 is 14.6. The van der Waals surface area contributed by atoms with Gasteiger partial charge < -0.3 is 9.26 Å². The number of ether oxygens (including phenoxy) is 1. The molecule has 0 N–H and O–H groups in total. The van der Waals surface area contributed by atoms with Gasteiger partial charge in [-0.25, -0.2) is 9.67 Å². The van der Waals surface area contributed by atoms with Gasteiger partial charge in [0.15, 0.2) is 0 Å². The number of tetrazole rings is 1. The minimum Gasteiger partial charge on any atom is -0.470 e. The number of rotatable bonds is 7. The molecule has 0 amide bonds. The van der Waals surface area contributed by atoms with Gasteiger partial charge in [-0.15, -0.1) is 5.10 Å². The van der Waals surface area contributed by atoms with E-state index in [1.165, 1.54) is 0 Å². The van der Waals surface area contributed by atoms with Gasteiger partial charge in [0.2, 0.25) is 11.7 Å². The molecule has 160 valence electrons. The third-order valence-electron chi connectivity index (χ3n) is 4.75. The second kappa shape index (κ2) is 8.34. The van der Waals surface area contributed by atoms with Crippen LogP contribution in [-0.2, 0) is 20.2 Å². The zero-order chi connectivity index (χ0) is 21.9. The van der Waals surface area contributed by atoms with Gasteiger partial charge in [-0.05, 0) is 29.0 Å². The molecular weight excluding hydrogens is 412 g/mol. The van der Waals surface area contributed by atoms with Gasteiger partial charge >= 0.3 is 0 Å². The van der Waals surface area contributed by atoms with Crippen molar-refractivity contribution in [3.8, 4) is 28.7 Å². The minimum atomic E-state index is 0.225. The van der Waals surface area contributed by atoms with Crippen LogP contribution in [-0.4, -0.2) is 50.1 Å². The highest BCUT2D eigenvalue weighted by Crippen LogP contribution is 2.26. The molecule has 12 nitrogen and oxygen atoms in total. The Balaban J connectivity index is 1.36. The lowest BCUT2D eigenvalue weighted by Crippen LogP contribution is -2.05. The van der Waals surface area contributed by atoms with Crippen LogP contribution in [0.3, 0.4) is 0 Å². The van der Waals surface area contributed by atoms with Gasteiger partial charge in [-0.1, -0.05) is 23.4 Å².